The lowest BCUT2D eigenvalue weighted by Crippen LogP contribution is -2.38. The molecular formula is C14H27NO2S2. The molecule has 0 aliphatic carbocycles. The number of phenols is 1. The Morgan fingerprint density at radius 1 is 1.26 bits per heavy atom. The molecule has 0 aromatic heterocycles. The Hall–Kier alpha value is -0.360. The zero-order chi connectivity index (χ0) is 13.1. The maximum atomic E-state index is 10.8. The highest BCUT2D eigenvalue weighted by Crippen LogP contribution is 2.34. The summed E-state index contributed by atoms with van der Waals surface area (Å²) >= 11 is 0. The molecule has 0 spiro atoms. The summed E-state index contributed by atoms with van der Waals surface area (Å²) < 4.78 is 0. The van der Waals surface area contributed by atoms with Crippen LogP contribution in [-0.2, 0) is 5.60 Å². The number of rotatable bonds is 5. The lowest BCUT2D eigenvalue weighted by atomic mass is 9.80. The van der Waals surface area contributed by atoms with Gasteiger partial charge >= 0.3 is 0 Å². The van der Waals surface area contributed by atoms with Crippen molar-refractivity contribution < 1.29 is 10.2 Å². The van der Waals surface area contributed by atoms with Crippen LogP contribution in [0.25, 0.3) is 0 Å². The minimum absolute atomic E-state index is 0. The van der Waals surface area contributed by atoms with Crippen molar-refractivity contribution in [3.05, 3.63) is 29.8 Å². The van der Waals surface area contributed by atoms with E-state index in [2.05, 4.69) is 4.90 Å². The van der Waals surface area contributed by atoms with Gasteiger partial charge < -0.3 is 15.1 Å². The highest BCUT2D eigenvalue weighted by atomic mass is 32.1. The normalized spacial score (nSPS) is 15.1. The topological polar surface area (TPSA) is 43.7 Å². The van der Waals surface area contributed by atoms with Crippen molar-refractivity contribution >= 4 is 27.0 Å². The fraction of sp³-hybridized carbons (Fsp3) is 0.571. The number of aromatic hydroxyl groups is 1. The van der Waals surface area contributed by atoms with Crippen molar-refractivity contribution in [2.75, 3.05) is 20.6 Å². The molecule has 112 valence electrons. The van der Waals surface area contributed by atoms with Gasteiger partial charge in [-0.1, -0.05) is 26.0 Å². The zero-order valence-electron chi connectivity index (χ0n) is 12.1. The Balaban J connectivity index is 0. The van der Waals surface area contributed by atoms with E-state index in [1.54, 1.807) is 18.2 Å². The lowest BCUT2D eigenvalue weighted by Gasteiger charge is -2.35. The van der Waals surface area contributed by atoms with Gasteiger partial charge in [-0.2, -0.15) is 27.0 Å². The average molecular weight is 306 g/mol. The van der Waals surface area contributed by atoms with Crippen molar-refractivity contribution in [3.8, 4) is 5.75 Å². The molecule has 19 heavy (non-hydrogen) atoms. The number of hydrogen-bond donors (Lipinski definition) is 2. The van der Waals surface area contributed by atoms with Crippen molar-refractivity contribution in [3.63, 3.8) is 0 Å². The summed E-state index contributed by atoms with van der Waals surface area (Å²) in [6, 6.07) is 6.91. The SMILES string of the molecule is CC[C@](O)(c1cccc(O)c1)[C@H](C)CN(C)C.S.S. The Bertz CT molecular complexity index is 374. The van der Waals surface area contributed by atoms with Gasteiger partial charge in [-0.15, -0.1) is 0 Å². The summed E-state index contributed by atoms with van der Waals surface area (Å²) in [4.78, 5) is 2.06. The smallest absolute Gasteiger partial charge is 0.115 e. The molecule has 3 nitrogen and oxygen atoms in total. The molecule has 2 atom stereocenters. The van der Waals surface area contributed by atoms with Crippen LogP contribution in [0.1, 0.15) is 25.8 Å². The van der Waals surface area contributed by atoms with E-state index >= 15 is 0 Å². The van der Waals surface area contributed by atoms with Gasteiger partial charge in [-0.3, -0.25) is 0 Å². The largest absolute Gasteiger partial charge is 0.508 e. The molecule has 2 N–H and O–H groups in total. The molecule has 0 heterocycles. The molecular weight excluding hydrogens is 278 g/mol. The fourth-order valence-corrected chi connectivity index (χ4v) is 2.31. The molecule has 1 aromatic rings. The van der Waals surface area contributed by atoms with E-state index in [1.165, 1.54) is 0 Å². The van der Waals surface area contributed by atoms with Gasteiger partial charge in [0.2, 0.25) is 0 Å². The maximum absolute atomic E-state index is 10.8. The van der Waals surface area contributed by atoms with Crippen LogP contribution >= 0.6 is 27.0 Å². The zero-order valence-corrected chi connectivity index (χ0v) is 14.1. The van der Waals surface area contributed by atoms with Crippen LogP contribution in [0.4, 0.5) is 0 Å². The molecule has 1 rings (SSSR count). The molecule has 1 aromatic carbocycles. The molecule has 0 fully saturated rings. The van der Waals surface area contributed by atoms with Gasteiger partial charge in [0.1, 0.15) is 5.75 Å². The van der Waals surface area contributed by atoms with Crippen LogP contribution in [0, 0.1) is 5.92 Å². The minimum atomic E-state index is -0.886. The Kier molecular flexibility index (Phi) is 9.64. The Morgan fingerprint density at radius 2 is 1.84 bits per heavy atom. The molecule has 0 amide bonds. The highest BCUT2D eigenvalue weighted by Gasteiger charge is 2.34. The van der Waals surface area contributed by atoms with Gasteiger partial charge in [0.05, 0.1) is 5.60 Å². The van der Waals surface area contributed by atoms with Crippen LogP contribution in [0.15, 0.2) is 24.3 Å². The molecule has 0 bridgehead atoms. The van der Waals surface area contributed by atoms with E-state index in [1.807, 2.05) is 34.0 Å². The number of phenolic OH excluding ortho intramolecular Hbond substituents is 1. The van der Waals surface area contributed by atoms with E-state index < -0.39 is 5.60 Å². The second kappa shape index (κ2) is 8.74. The first-order chi connectivity index (χ1) is 7.90. The third kappa shape index (κ3) is 5.26. The molecule has 5 heteroatoms. The Labute approximate surface area is 130 Å². The van der Waals surface area contributed by atoms with Crippen LogP contribution in [-0.4, -0.2) is 35.8 Å². The van der Waals surface area contributed by atoms with Crippen molar-refractivity contribution in [2.24, 2.45) is 5.92 Å². The fourth-order valence-electron chi connectivity index (χ4n) is 2.31. The first-order valence-corrected chi connectivity index (χ1v) is 6.06. The summed E-state index contributed by atoms with van der Waals surface area (Å²) in [6.45, 7) is 4.81. The third-order valence-electron chi connectivity index (χ3n) is 3.34. The second-order valence-corrected chi connectivity index (χ2v) is 4.99. The molecule has 0 radical (unpaired) electrons. The van der Waals surface area contributed by atoms with Gasteiger partial charge in [-0.05, 0) is 38.2 Å². The number of aliphatic hydroxyl groups is 1. The maximum Gasteiger partial charge on any atom is 0.115 e. The van der Waals surface area contributed by atoms with Crippen molar-refractivity contribution in [1.82, 2.24) is 4.90 Å². The summed E-state index contributed by atoms with van der Waals surface area (Å²) in [5, 5.41) is 20.3. The van der Waals surface area contributed by atoms with Crippen molar-refractivity contribution in [2.45, 2.75) is 25.9 Å². The standard InChI is InChI=1S/C14H23NO2.2H2S/c1-5-14(17,11(2)10-15(3)4)12-7-6-8-13(16)9-12;;/h6-9,11,16-17H,5,10H2,1-4H3;2*1H2/t11-,14-;;/m1../s1. The van der Waals surface area contributed by atoms with E-state index in [4.69, 9.17) is 0 Å². The molecule has 0 aliphatic rings. The Morgan fingerprint density at radius 3 is 2.26 bits per heavy atom. The van der Waals surface area contributed by atoms with Crippen molar-refractivity contribution in [1.29, 1.82) is 0 Å². The quantitative estimate of drug-likeness (QED) is 0.878. The second-order valence-electron chi connectivity index (χ2n) is 4.99. The van der Waals surface area contributed by atoms with Crippen LogP contribution in [0.2, 0.25) is 0 Å². The monoisotopic (exact) mass is 305 g/mol. The summed E-state index contributed by atoms with van der Waals surface area (Å²) in [5.41, 5.74) is -0.0995. The summed E-state index contributed by atoms with van der Waals surface area (Å²) in [5.74, 6) is 0.302. The number of nitrogens with zero attached hydrogens (tertiary/aromatic N) is 1. The first kappa shape index (κ1) is 20.9. The lowest BCUT2D eigenvalue weighted by molar-refractivity contribution is -0.0293. The van der Waals surface area contributed by atoms with Crippen LogP contribution in [0.5, 0.6) is 5.75 Å². The summed E-state index contributed by atoms with van der Waals surface area (Å²) in [6.07, 6.45) is 0.630. The minimum Gasteiger partial charge on any atom is -0.508 e. The molecule has 0 saturated carbocycles. The van der Waals surface area contributed by atoms with Crippen LogP contribution < -0.4 is 0 Å². The average Bonchev–Trinajstić information content (AvgIpc) is 2.27. The first-order valence-electron chi connectivity index (χ1n) is 6.06. The highest BCUT2D eigenvalue weighted by molar-refractivity contribution is 7.59. The molecule has 0 saturated heterocycles. The van der Waals surface area contributed by atoms with E-state index in [-0.39, 0.29) is 38.7 Å². The van der Waals surface area contributed by atoms with E-state index in [9.17, 15) is 10.2 Å². The molecule has 0 aliphatic heterocycles. The third-order valence-corrected chi connectivity index (χ3v) is 3.34. The van der Waals surface area contributed by atoms with Gasteiger partial charge in [0, 0.05) is 12.5 Å². The predicted molar refractivity (Wildman–Crippen MR) is 90.8 cm³/mol. The summed E-state index contributed by atoms with van der Waals surface area (Å²) in [7, 11) is 3.99. The van der Waals surface area contributed by atoms with Gasteiger partial charge in [-0.25, -0.2) is 0 Å². The molecule has 0 unspecified atom stereocenters. The van der Waals surface area contributed by atoms with Gasteiger partial charge in [0.15, 0.2) is 0 Å². The van der Waals surface area contributed by atoms with E-state index in [0.29, 0.717) is 6.42 Å². The predicted octanol–water partition coefficient (Wildman–Crippen LogP) is 2.41. The number of hydrogen-bond acceptors (Lipinski definition) is 3. The van der Waals surface area contributed by atoms with E-state index in [0.717, 1.165) is 12.1 Å². The number of benzene rings is 1. The van der Waals surface area contributed by atoms with Gasteiger partial charge in [0.25, 0.3) is 0 Å². The van der Waals surface area contributed by atoms with Crippen LogP contribution in [0.3, 0.4) is 0 Å².